The van der Waals surface area contributed by atoms with Crippen molar-refractivity contribution in [3.8, 4) is 11.1 Å². The van der Waals surface area contributed by atoms with Crippen molar-refractivity contribution in [3.63, 3.8) is 0 Å². The Bertz CT molecular complexity index is 873. The number of methoxy groups -OCH3 is 1. The molecule has 3 rings (SSSR count). The first-order valence-electron chi connectivity index (χ1n) is 7.27. The number of amides is 1. The van der Waals surface area contributed by atoms with Gasteiger partial charge in [0.25, 0.3) is 5.91 Å². The van der Waals surface area contributed by atoms with E-state index < -0.39 is 0 Å². The zero-order valence-corrected chi connectivity index (χ0v) is 12.9. The van der Waals surface area contributed by atoms with E-state index in [0.717, 1.165) is 11.1 Å². The van der Waals surface area contributed by atoms with Crippen LogP contribution in [-0.4, -0.2) is 29.0 Å². The van der Waals surface area contributed by atoms with Crippen LogP contribution in [0, 0.1) is 0 Å². The van der Waals surface area contributed by atoms with Crippen LogP contribution >= 0.6 is 0 Å². The van der Waals surface area contributed by atoms with E-state index in [1.54, 1.807) is 30.5 Å². The lowest BCUT2D eigenvalue weighted by molar-refractivity contribution is 0.0600. The van der Waals surface area contributed by atoms with Crippen molar-refractivity contribution in [2.45, 2.75) is 0 Å². The lowest BCUT2D eigenvalue weighted by Crippen LogP contribution is -2.13. The van der Waals surface area contributed by atoms with Gasteiger partial charge in [-0.15, -0.1) is 0 Å². The minimum absolute atomic E-state index is 0.244. The van der Waals surface area contributed by atoms with Gasteiger partial charge in [-0.1, -0.05) is 24.3 Å². The number of benzene rings is 2. The van der Waals surface area contributed by atoms with E-state index in [1.165, 1.54) is 13.3 Å². The Hall–Kier alpha value is -3.41. The number of aromatic amines is 1. The molecule has 2 N–H and O–H groups in total. The molecule has 0 aliphatic rings. The smallest absolute Gasteiger partial charge is 0.337 e. The lowest BCUT2D eigenvalue weighted by atomic mass is 10.0. The third-order valence-electron chi connectivity index (χ3n) is 3.45. The van der Waals surface area contributed by atoms with Gasteiger partial charge >= 0.3 is 5.97 Å². The second-order valence-corrected chi connectivity index (χ2v) is 5.05. The number of carbonyl (C=O) groups is 2. The highest BCUT2D eigenvalue weighted by Crippen LogP contribution is 2.24. The molecule has 0 fully saturated rings. The van der Waals surface area contributed by atoms with Gasteiger partial charge in [0.15, 0.2) is 5.82 Å². The summed E-state index contributed by atoms with van der Waals surface area (Å²) in [5, 5.41) is 2.78. The Morgan fingerprint density at radius 2 is 1.83 bits per heavy atom. The average molecular weight is 321 g/mol. The molecule has 0 aliphatic heterocycles. The zero-order chi connectivity index (χ0) is 16.9. The van der Waals surface area contributed by atoms with Crippen LogP contribution in [0.4, 0.5) is 5.69 Å². The highest BCUT2D eigenvalue weighted by atomic mass is 16.5. The van der Waals surface area contributed by atoms with Gasteiger partial charge in [-0.25, -0.2) is 9.78 Å². The number of nitrogens with one attached hydrogen (secondary N) is 2. The number of aromatic nitrogens is 2. The fourth-order valence-electron chi connectivity index (χ4n) is 2.30. The molecule has 3 aromatic rings. The van der Waals surface area contributed by atoms with Crippen molar-refractivity contribution in [3.05, 3.63) is 72.3 Å². The third-order valence-corrected chi connectivity index (χ3v) is 3.45. The van der Waals surface area contributed by atoms with Gasteiger partial charge in [-0.3, -0.25) is 4.79 Å². The monoisotopic (exact) mass is 321 g/mol. The Balaban J connectivity index is 1.85. The molecule has 0 saturated heterocycles. The maximum Gasteiger partial charge on any atom is 0.337 e. The van der Waals surface area contributed by atoms with Crippen molar-refractivity contribution >= 4 is 17.6 Å². The largest absolute Gasteiger partial charge is 0.465 e. The summed E-state index contributed by atoms with van der Waals surface area (Å²) in [6.07, 6.45) is 3.10. The van der Waals surface area contributed by atoms with Gasteiger partial charge in [0, 0.05) is 18.1 Å². The van der Waals surface area contributed by atoms with Crippen molar-refractivity contribution in [2.75, 3.05) is 12.4 Å². The van der Waals surface area contributed by atoms with Gasteiger partial charge in [-0.05, 0) is 35.4 Å². The van der Waals surface area contributed by atoms with Crippen molar-refractivity contribution in [1.29, 1.82) is 0 Å². The molecule has 6 heteroatoms. The summed E-state index contributed by atoms with van der Waals surface area (Å²) in [4.78, 5) is 30.4. The van der Waals surface area contributed by atoms with E-state index in [-0.39, 0.29) is 17.7 Å². The summed E-state index contributed by atoms with van der Waals surface area (Å²) in [6.45, 7) is 0. The molecule has 0 spiro atoms. The fraction of sp³-hybridized carbons (Fsp3) is 0.0556. The number of imidazole rings is 1. The predicted octanol–water partition coefficient (Wildman–Crippen LogP) is 3.12. The molecule has 1 aromatic heterocycles. The molecule has 6 nitrogen and oxygen atoms in total. The summed E-state index contributed by atoms with van der Waals surface area (Å²) in [7, 11) is 1.35. The van der Waals surface area contributed by atoms with E-state index in [1.807, 2.05) is 24.3 Å². The minimum Gasteiger partial charge on any atom is -0.465 e. The standard InChI is InChI=1S/C18H15N3O3/c1-24-18(23)14-6-2-4-12(10-14)13-5-3-7-15(11-13)21-17(22)16-19-8-9-20-16/h2-11H,1H3,(H,19,20)(H,21,22). The van der Waals surface area contributed by atoms with E-state index >= 15 is 0 Å². The van der Waals surface area contributed by atoms with Crippen LogP contribution in [0.2, 0.25) is 0 Å². The number of H-pyrrole nitrogens is 1. The summed E-state index contributed by atoms with van der Waals surface area (Å²) >= 11 is 0. The Morgan fingerprint density at radius 1 is 1.08 bits per heavy atom. The molecule has 1 heterocycles. The van der Waals surface area contributed by atoms with E-state index in [9.17, 15) is 9.59 Å². The van der Waals surface area contributed by atoms with Crippen molar-refractivity contribution in [1.82, 2.24) is 9.97 Å². The van der Waals surface area contributed by atoms with Gasteiger partial charge in [-0.2, -0.15) is 0 Å². The summed E-state index contributed by atoms with van der Waals surface area (Å²) in [5.74, 6) is -0.465. The van der Waals surface area contributed by atoms with Crippen molar-refractivity contribution in [2.24, 2.45) is 0 Å². The van der Waals surface area contributed by atoms with E-state index in [4.69, 9.17) is 4.74 Å². The van der Waals surface area contributed by atoms with Gasteiger partial charge in [0.1, 0.15) is 0 Å². The molecule has 0 atom stereocenters. The molecule has 0 aliphatic carbocycles. The Labute approximate surface area is 138 Å². The third kappa shape index (κ3) is 3.33. The number of anilines is 1. The predicted molar refractivity (Wildman–Crippen MR) is 89.8 cm³/mol. The fourth-order valence-corrected chi connectivity index (χ4v) is 2.30. The lowest BCUT2D eigenvalue weighted by Gasteiger charge is -2.08. The highest BCUT2D eigenvalue weighted by molar-refractivity contribution is 6.01. The van der Waals surface area contributed by atoms with Crippen LogP contribution in [0.5, 0.6) is 0 Å². The summed E-state index contributed by atoms with van der Waals surface area (Å²) in [5.41, 5.74) is 2.84. The Kier molecular flexibility index (Phi) is 4.38. The first kappa shape index (κ1) is 15.5. The van der Waals surface area contributed by atoms with Crippen LogP contribution in [0.3, 0.4) is 0 Å². The molecule has 120 valence electrons. The SMILES string of the molecule is COC(=O)c1cccc(-c2cccc(NC(=O)c3ncc[nH]3)c2)c1. The molecular formula is C18H15N3O3. The van der Waals surface area contributed by atoms with Gasteiger partial charge in [0.05, 0.1) is 12.7 Å². The Morgan fingerprint density at radius 3 is 2.54 bits per heavy atom. The number of nitrogens with zero attached hydrogens (tertiary/aromatic N) is 1. The molecule has 0 unspecified atom stereocenters. The number of carbonyl (C=O) groups excluding carboxylic acids is 2. The molecule has 2 aromatic carbocycles. The molecule has 0 bridgehead atoms. The zero-order valence-electron chi connectivity index (χ0n) is 12.9. The molecular weight excluding hydrogens is 306 g/mol. The minimum atomic E-state index is -0.390. The number of rotatable bonds is 4. The molecule has 0 saturated carbocycles. The normalized spacial score (nSPS) is 10.2. The second kappa shape index (κ2) is 6.78. The van der Waals surface area contributed by atoms with Crippen LogP contribution < -0.4 is 5.32 Å². The van der Waals surface area contributed by atoms with Crippen LogP contribution in [0.15, 0.2) is 60.9 Å². The average Bonchev–Trinajstić information content (AvgIpc) is 3.16. The first-order chi connectivity index (χ1) is 11.7. The van der Waals surface area contributed by atoms with Gasteiger partial charge < -0.3 is 15.0 Å². The van der Waals surface area contributed by atoms with E-state index in [0.29, 0.717) is 11.3 Å². The number of esters is 1. The number of hydrogen-bond acceptors (Lipinski definition) is 4. The van der Waals surface area contributed by atoms with Crippen LogP contribution in [-0.2, 0) is 4.74 Å². The van der Waals surface area contributed by atoms with Crippen LogP contribution in [0.25, 0.3) is 11.1 Å². The molecule has 1 amide bonds. The number of hydrogen-bond donors (Lipinski definition) is 2. The molecule has 0 radical (unpaired) electrons. The second-order valence-electron chi connectivity index (χ2n) is 5.05. The maximum absolute atomic E-state index is 12.0. The van der Waals surface area contributed by atoms with E-state index in [2.05, 4.69) is 15.3 Å². The first-order valence-corrected chi connectivity index (χ1v) is 7.27. The topological polar surface area (TPSA) is 84.1 Å². The van der Waals surface area contributed by atoms with Crippen LogP contribution in [0.1, 0.15) is 21.0 Å². The molecule has 24 heavy (non-hydrogen) atoms. The van der Waals surface area contributed by atoms with Crippen molar-refractivity contribution < 1.29 is 14.3 Å². The maximum atomic E-state index is 12.0. The summed E-state index contributed by atoms with van der Waals surface area (Å²) in [6, 6.07) is 14.5. The number of ether oxygens (including phenoxy) is 1. The van der Waals surface area contributed by atoms with Gasteiger partial charge in [0.2, 0.25) is 0 Å². The highest BCUT2D eigenvalue weighted by Gasteiger charge is 2.10. The summed E-state index contributed by atoms with van der Waals surface area (Å²) < 4.78 is 4.74. The quantitative estimate of drug-likeness (QED) is 0.723.